The molecule has 2 bridgehead atoms. The number of nitrogens with one attached hydrogen (secondary N) is 4. The van der Waals surface area contributed by atoms with Crippen molar-refractivity contribution in [3.05, 3.63) is 78.3 Å². The van der Waals surface area contributed by atoms with E-state index in [9.17, 15) is 9.18 Å². The van der Waals surface area contributed by atoms with Crippen LogP contribution in [-0.4, -0.2) is 52.5 Å². The van der Waals surface area contributed by atoms with E-state index in [4.69, 9.17) is 0 Å². The molecule has 0 aliphatic carbocycles. The third-order valence-corrected chi connectivity index (χ3v) is 6.19. The number of hydrogen-bond donors (Lipinski definition) is 4. The molecule has 3 aromatic rings. The molecule has 36 heavy (non-hydrogen) atoms. The lowest BCUT2D eigenvalue weighted by atomic mass is 10.2. The van der Waals surface area contributed by atoms with Crippen LogP contribution in [0.2, 0.25) is 0 Å². The molecule has 0 radical (unpaired) electrons. The zero-order chi connectivity index (χ0) is 24.2. The number of carbonyl (C=O) groups is 1. The van der Waals surface area contributed by atoms with Crippen LogP contribution in [0.3, 0.4) is 0 Å². The maximum absolute atomic E-state index is 14.3. The average Bonchev–Trinajstić information content (AvgIpc) is 3.45. The number of hydrogen-bond acceptors (Lipinski definition) is 7. The van der Waals surface area contributed by atoms with E-state index in [1.54, 1.807) is 18.2 Å². The van der Waals surface area contributed by atoms with Gasteiger partial charge in [0.2, 0.25) is 11.9 Å². The number of aromatic nitrogens is 2. The number of benzene rings is 2. The molecule has 1 aromatic heterocycles. The van der Waals surface area contributed by atoms with Gasteiger partial charge in [-0.25, -0.2) is 9.37 Å². The van der Waals surface area contributed by atoms with Gasteiger partial charge in [0.25, 0.3) is 0 Å². The molecule has 4 N–H and O–H groups in total. The molecule has 3 heterocycles. The molecule has 2 unspecified atom stereocenters. The lowest BCUT2D eigenvalue weighted by Gasteiger charge is -2.25. The number of nitrogens with zero attached hydrogens (tertiary/aromatic N) is 3. The van der Waals surface area contributed by atoms with Crippen LogP contribution in [-0.2, 0) is 4.79 Å². The molecule has 2 aromatic carbocycles. The first-order chi connectivity index (χ1) is 17.0. The summed E-state index contributed by atoms with van der Waals surface area (Å²) < 4.78 is 14.3. The van der Waals surface area contributed by atoms with Crippen LogP contribution in [0.15, 0.2) is 66.9 Å². The maximum Gasteiger partial charge on any atom is 0.248 e. The first-order valence-corrected chi connectivity index (χ1v) is 11.7. The Kier molecular flexibility index (Phi) is 7.92. The predicted molar refractivity (Wildman–Crippen MR) is 142 cm³/mol. The Morgan fingerprint density at radius 3 is 2.69 bits per heavy atom. The number of fused-ring (bicyclic) bond motifs is 2. The molecule has 2 aliphatic rings. The number of amides is 1. The Morgan fingerprint density at radius 2 is 1.94 bits per heavy atom. The van der Waals surface area contributed by atoms with Gasteiger partial charge in [0.15, 0.2) is 11.6 Å². The number of likely N-dealkylation sites (tertiary alicyclic amines) is 1. The van der Waals surface area contributed by atoms with E-state index in [1.807, 2.05) is 49.4 Å². The van der Waals surface area contributed by atoms with Crippen molar-refractivity contribution in [3.63, 3.8) is 0 Å². The number of rotatable bonds is 8. The Labute approximate surface area is 211 Å². The van der Waals surface area contributed by atoms with Gasteiger partial charge < -0.3 is 21.3 Å². The SMILES string of the molecule is C.Cc1cccc(Nc2nc(Nc3cccc(NC(=O)/C=C/CN4CC5CC4CN5)c3)ncc2F)c1. The summed E-state index contributed by atoms with van der Waals surface area (Å²) in [6, 6.07) is 16.0. The van der Waals surface area contributed by atoms with Crippen molar-refractivity contribution in [2.45, 2.75) is 32.9 Å². The Hall–Kier alpha value is -3.82. The molecule has 2 fully saturated rings. The van der Waals surface area contributed by atoms with Gasteiger partial charge >= 0.3 is 0 Å². The van der Waals surface area contributed by atoms with Crippen LogP contribution in [0.5, 0.6) is 0 Å². The third-order valence-electron chi connectivity index (χ3n) is 6.19. The van der Waals surface area contributed by atoms with Gasteiger partial charge in [0.1, 0.15) is 0 Å². The molecule has 188 valence electrons. The van der Waals surface area contributed by atoms with E-state index in [2.05, 4.69) is 36.1 Å². The van der Waals surface area contributed by atoms with Gasteiger partial charge in [0.05, 0.1) is 6.20 Å². The molecule has 5 rings (SSSR count). The van der Waals surface area contributed by atoms with Crippen LogP contribution >= 0.6 is 0 Å². The summed E-state index contributed by atoms with van der Waals surface area (Å²) in [5, 5.41) is 12.4. The summed E-state index contributed by atoms with van der Waals surface area (Å²) in [5.74, 6) is -0.431. The molecule has 0 saturated carbocycles. The number of anilines is 5. The summed E-state index contributed by atoms with van der Waals surface area (Å²) in [5.41, 5.74) is 3.09. The van der Waals surface area contributed by atoms with Gasteiger partial charge in [-0.1, -0.05) is 31.7 Å². The Balaban J connectivity index is 0.00000304. The van der Waals surface area contributed by atoms with E-state index >= 15 is 0 Å². The maximum atomic E-state index is 14.3. The van der Waals surface area contributed by atoms with Crippen LogP contribution < -0.4 is 21.3 Å². The quantitative estimate of drug-likeness (QED) is 0.344. The molecule has 2 atom stereocenters. The lowest BCUT2D eigenvalue weighted by molar-refractivity contribution is -0.111. The molecular weight excluding hydrogens is 457 g/mol. The highest BCUT2D eigenvalue weighted by molar-refractivity contribution is 5.99. The molecule has 9 heteroatoms. The first-order valence-electron chi connectivity index (χ1n) is 11.7. The smallest absolute Gasteiger partial charge is 0.248 e. The average molecular weight is 490 g/mol. The second-order valence-corrected chi connectivity index (χ2v) is 8.93. The fourth-order valence-electron chi connectivity index (χ4n) is 4.53. The summed E-state index contributed by atoms with van der Waals surface area (Å²) in [6.07, 6.45) is 5.80. The molecule has 8 nitrogen and oxygen atoms in total. The monoisotopic (exact) mass is 489 g/mol. The van der Waals surface area contributed by atoms with E-state index in [0.717, 1.165) is 37.1 Å². The van der Waals surface area contributed by atoms with Crippen molar-refractivity contribution in [1.29, 1.82) is 0 Å². The summed E-state index contributed by atoms with van der Waals surface area (Å²) >= 11 is 0. The zero-order valence-corrected chi connectivity index (χ0v) is 19.5. The van der Waals surface area contributed by atoms with Crippen molar-refractivity contribution in [2.24, 2.45) is 0 Å². The molecule has 0 spiro atoms. The molecular formula is C27H32FN7O. The van der Waals surface area contributed by atoms with E-state index in [1.165, 1.54) is 6.42 Å². The minimum Gasteiger partial charge on any atom is -0.338 e. The van der Waals surface area contributed by atoms with Crippen LogP contribution in [0.1, 0.15) is 19.4 Å². The predicted octanol–water partition coefficient (Wildman–Crippen LogP) is 4.59. The van der Waals surface area contributed by atoms with Crippen molar-refractivity contribution >= 4 is 34.7 Å². The summed E-state index contributed by atoms with van der Waals surface area (Å²) in [7, 11) is 0. The van der Waals surface area contributed by atoms with Crippen molar-refractivity contribution in [3.8, 4) is 0 Å². The second-order valence-electron chi connectivity index (χ2n) is 8.93. The first kappa shape index (κ1) is 25.3. The van der Waals surface area contributed by atoms with Crippen LogP contribution in [0.4, 0.5) is 33.2 Å². The highest BCUT2D eigenvalue weighted by atomic mass is 19.1. The number of halogens is 1. The standard InChI is InChI=1S/C26H28FN7O.CH4/c1-17-5-2-6-18(11-17)31-25-23(27)15-29-26(33-25)32-20-8-3-7-19(12-20)30-24(35)9-4-10-34-16-21-13-22(34)14-28-21;/h2-9,11-12,15,21-22,28H,10,13-14,16H2,1H3,(H,30,35)(H2,29,31,32,33);1H4/b9-4+;. The van der Waals surface area contributed by atoms with Gasteiger partial charge in [-0.05, 0) is 49.2 Å². The molecule has 1 amide bonds. The van der Waals surface area contributed by atoms with E-state index < -0.39 is 5.82 Å². The van der Waals surface area contributed by atoms with Gasteiger partial charge in [0, 0.05) is 54.9 Å². The number of aryl methyl sites for hydroxylation is 1. The normalized spacial score (nSPS) is 18.7. The highest BCUT2D eigenvalue weighted by Gasteiger charge is 2.36. The lowest BCUT2D eigenvalue weighted by Crippen LogP contribution is -2.43. The zero-order valence-electron chi connectivity index (χ0n) is 19.5. The number of piperazine rings is 1. The highest BCUT2D eigenvalue weighted by Crippen LogP contribution is 2.24. The minimum absolute atomic E-state index is 0. The summed E-state index contributed by atoms with van der Waals surface area (Å²) in [6.45, 7) is 4.81. The van der Waals surface area contributed by atoms with Gasteiger partial charge in [-0.15, -0.1) is 0 Å². The fraction of sp³-hybridized carbons (Fsp3) is 0.296. The topological polar surface area (TPSA) is 94.2 Å². The van der Waals surface area contributed by atoms with Gasteiger partial charge in [-0.3, -0.25) is 9.69 Å². The number of carbonyl (C=O) groups excluding carboxylic acids is 1. The van der Waals surface area contributed by atoms with Gasteiger partial charge in [-0.2, -0.15) is 4.98 Å². The fourth-order valence-corrected chi connectivity index (χ4v) is 4.53. The van der Waals surface area contributed by atoms with Crippen molar-refractivity contribution < 1.29 is 9.18 Å². The third kappa shape index (κ3) is 6.24. The second kappa shape index (κ2) is 11.3. The molecule has 2 aliphatic heterocycles. The summed E-state index contributed by atoms with van der Waals surface area (Å²) in [4.78, 5) is 23.1. The van der Waals surface area contributed by atoms with Crippen LogP contribution in [0.25, 0.3) is 0 Å². The van der Waals surface area contributed by atoms with Crippen molar-refractivity contribution in [1.82, 2.24) is 20.2 Å². The van der Waals surface area contributed by atoms with E-state index in [-0.39, 0.29) is 25.1 Å². The Bertz CT molecular complexity index is 1250. The van der Waals surface area contributed by atoms with Crippen LogP contribution in [0, 0.1) is 12.7 Å². The minimum atomic E-state index is -0.553. The van der Waals surface area contributed by atoms with Crippen molar-refractivity contribution in [2.75, 3.05) is 35.6 Å². The Morgan fingerprint density at radius 1 is 1.17 bits per heavy atom. The van der Waals surface area contributed by atoms with E-state index in [0.29, 0.717) is 23.5 Å². The largest absolute Gasteiger partial charge is 0.338 e. The molecule has 2 saturated heterocycles.